The first-order valence-corrected chi connectivity index (χ1v) is 10.0. The van der Waals surface area contributed by atoms with E-state index in [1.807, 2.05) is 0 Å². The lowest BCUT2D eigenvalue weighted by Gasteiger charge is -2.15. The molecule has 0 atom stereocenters. The Labute approximate surface area is 139 Å². The lowest BCUT2D eigenvalue weighted by Crippen LogP contribution is -2.33. The van der Waals surface area contributed by atoms with Crippen molar-refractivity contribution in [2.45, 2.75) is 48.8 Å². The van der Waals surface area contributed by atoms with E-state index >= 15 is 0 Å². The Morgan fingerprint density at radius 2 is 1.83 bits per heavy atom. The van der Waals surface area contributed by atoms with Gasteiger partial charge in [-0.25, -0.2) is 18.2 Å². The van der Waals surface area contributed by atoms with Gasteiger partial charge in [0.05, 0.1) is 4.88 Å². The summed E-state index contributed by atoms with van der Waals surface area (Å²) in [5.74, 6) is 0. The molecule has 2 N–H and O–H groups in total. The molecule has 124 valence electrons. The van der Waals surface area contributed by atoms with E-state index in [0.29, 0.717) is 10.6 Å². The van der Waals surface area contributed by atoms with Gasteiger partial charge in [-0.2, -0.15) is 5.10 Å². The van der Waals surface area contributed by atoms with Gasteiger partial charge in [0.25, 0.3) is 5.56 Å². The summed E-state index contributed by atoms with van der Waals surface area (Å²) in [5.41, 5.74) is 0.277. The van der Waals surface area contributed by atoms with Gasteiger partial charge < -0.3 is 0 Å². The smallest absolute Gasteiger partial charge is 0.264 e. The summed E-state index contributed by atoms with van der Waals surface area (Å²) in [4.78, 5) is 11.8. The zero-order valence-electron chi connectivity index (χ0n) is 12.6. The maximum atomic E-state index is 12.5. The van der Waals surface area contributed by atoms with Gasteiger partial charge in [-0.1, -0.05) is 25.7 Å². The molecular weight excluding hydrogens is 334 g/mol. The molecule has 3 rings (SSSR count). The summed E-state index contributed by atoms with van der Waals surface area (Å²) < 4.78 is 28.2. The molecule has 1 fully saturated rings. The monoisotopic (exact) mass is 353 g/mol. The highest BCUT2D eigenvalue weighted by Gasteiger charge is 2.23. The topological polar surface area (TPSA) is 91.9 Å². The molecule has 1 aliphatic rings. The number of nitrogens with zero attached hydrogens (tertiary/aromatic N) is 1. The lowest BCUT2D eigenvalue weighted by molar-refractivity contribution is 0.511. The van der Waals surface area contributed by atoms with Gasteiger partial charge in [-0.3, -0.25) is 4.79 Å². The third kappa shape index (κ3) is 4.07. The molecule has 2 heterocycles. The largest absolute Gasteiger partial charge is 0.268 e. The van der Waals surface area contributed by atoms with Crippen LogP contribution in [0.25, 0.3) is 10.6 Å². The van der Waals surface area contributed by atoms with Crippen LogP contribution in [0.15, 0.2) is 33.3 Å². The van der Waals surface area contributed by atoms with Crippen LogP contribution in [0.3, 0.4) is 0 Å². The van der Waals surface area contributed by atoms with Crippen LogP contribution < -0.4 is 10.3 Å². The van der Waals surface area contributed by atoms with Crippen LogP contribution in [-0.4, -0.2) is 24.7 Å². The number of H-pyrrole nitrogens is 1. The number of nitrogens with one attached hydrogen (secondary N) is 2. The van der Waals surface area contributed by atoms with E-state index in [2.05, 4.69) is 14.9 Å². The van der Waals surface area contributed by atoms with Crippen LogP contribution in [0.5, 0.6) is 0 Å². The van der Waals surface area contributed by atoms with E-state index in [1.54, 1.807) is 18.2 Å². The summed E-state index contributed by atoms with van der Waals surface area (Å²) in [5, 5.41) is 6.28. The summed E-state index contributed by atoms with van der Waals surface area (Å²) >= 11 is 1.16. The maximum Gasteiger partial charge on any atom is 0.264 e. The van der Waals surface area contributed by atoms with E-state index in [9.17, 15) is 13.2 Å². The standard InChI is InChI=1S/C15H19N3O3S2/c19-14-9-7-12(16-17-14)13-8-10-15(22-13)23(20,21)18-11-5-3-1-2-4-6-11/h7-11,18H,1-6H2,(H,17,19). The molecule has 23 heavy (non-hydrogen) atoms. The zero-order valence-corrected chi connectivity index (χ0v) is 14.3. The van der Waals surface area contributed by atoms with Crippen LogP contribution in [0, 0.1) is 0 Å². The molecule has 2 aromatic rings. The molecule has 0 aromatic carbocycles. The average Bonchev–Trinajstić information content (AvgIpc) is 2.89. The molecule has 6 nitrogen and oxygen atoms in total. The average molecular weight is 353 g/mol. The fourth-order valence-corrected chi connectivity index (χ4v) is 5.36. The summed E-state index contributed by atoms with van der Waals surface area (Å²) in [6, 6.07) is 6.29. The normalized spacial score (nSPS) is 17.0. The van der Waals surface area contributed by atoms with Crippen molar-refractivity contribution in [2.24, 2.45) is 0 Å². The summed E-state index contributed by atoms with van der Waals surface area (Å²) in [6.07, 6.45) is 6.31. The number of hydrogen-bond donors (Lipinski definition) is 2. The van der Waals surface area contributed by atoms with Crippen molar-refractivity contribution in [2.75, 3.05) is 0 Å². The second-order valence-corrected chi connectivity index (χ2v) is 8.76. The minimum absolute atomic E-state index is 0.0271. The molecule has 1 saturated carbocycles. The van der Waals surface area contributed by atoms with E-state index in [0.717, 1.165) is 37.0 Å². The highest BCUT2D eigenvalue weighted by Crippen LogP contribution is 2.29. The molecule has 0 unspecified atom stereocenters. The third-order valence-corrected chi connectivity index (χ3v) is 7.07. The molecule has 2 aromatic heterocycles. The van der Waals surface area contributed by atoms with Crippen molar-refractivity contribution in [3.8, 4) is 10.6 Å². The van der Waals surface area contributed by atoms with Crippen molar-refractivity contribution in [1.82, 2.24) is 14.9 Å². The van der Waals surface area contributed by atoms with E-state index in [4.69, 9.17) is 0 Å². The van der Waals surface area contributed by atoms with Crippen LogP contribution in [0.1, 0.15) is 38.5 Å². The number of thiophene rings is 1. The molecule has 0 radical (unpaired) electrons. The van der Waals surface area contributed by atoms with Crippen molar-refractivity contribution in [1.29, 1.82) is 0 Å². The van der Waals surface area contributed by atoms with E-state index in [-0.39, 0.29) is 15.8 Å². The fourth-order valence-electron chi connectivity index (χ4n) is 2.76. The first-order valence-electron chi connectivity index (χ1n) is 7.73. The van der Waals surface area contributed by atoms with Gasteiger partial charge in [-0.05, 0) is 31.0 Å². The van der Waals surface area contributed by atoms with Gasteiger partial charge in [0.15, 0.2) is 0 Å². The second kappa shape index (κ2) is 6.94. The summed E-state index contributed by atoms with van der Waals surface area (Å²) in [6.45, 7) is 0. The van der Waals surface area contributed by atoms with Crippen molar-refractivity contribution in [3.63, 3.8) is 0 Å². The van der Waals surface area contributed by atoms with Crippen LogP contribution in [0.4, 0.5) is 0 Å². The Morgan fingerprint density at radius 3 is 2.48 bits per heavy atom. The van der Waals surface area contributed by atoms with Crippen LogP contribution in [0.2, 0.25) is 0 Å². The number of rotatable bonds is 4. The molecule has 1 aliphatic carbocycles. The highest BCUT2D eigenvalue weighted by atomic mass is 32.2. The molecule has 0 amide bonds. The van der Waals surface area contributed by atoms with Gasteiger partial charge >= 0.3 is 0 Å². The summed E-state index contributed by atoms with van der Waals surface area (Å²) in [7, 11) is -3.50. The quantitative estimate of drug-likeness (QED) is 0.826. The number of aromatic amines is 1. The third-order valence-electron chi connectivity index (χ3n) is 3.95. The Hall–Kier alpha value is -1.51. The Bertz CT molecular complexity index is 798. The SMILES string of the molecule is O=c1ccc(-c2ccc(S(=O)(=O)NC3CCCCCC3)s2)n[nH]1. The number of aromatic nitrogens is 2. The predicted molar refractivity (Wildman–Crippen MR) is 90.0 cm³/mol. The predicted octanol–water partition coefficient (Wildman–Crippen LogP) is 2.50. The number of hydrogen-bond acceptors (Lipinski definition) is 5. The molecule has 0 saturated heterocycles. The lowest BCUT2D eigenvalue weighted by atomic mass is 10.1. The second-order valence-electron chi connectivity index (χ2n) is 5.73. The Kier molecular flexibility index (Phi) is 4.93. The van der Waals surface area contributed by atoms with Gasteiger partial charge in [0, 0.05) is 12.1 Å². The molecule has 0 spiro atoms. The first-order chi connectivity index (χ1) is 11.0. The maximum absolute atomic E-state index is 12.5. The van der Waals surface area contributed by atoms with E-state index < -0.39 is 10.0 Å². The zero-order chi connectivity index (χ0) is 16.3. The Balaban J connectivity index is 1.78. The first kappa shape index (κ1) is 16.4. The molecular formula is C15H19N3O3S2. The minimum atomic E-state index is -3.50. The number of sulfonamides is 1. The van der Waals surface area contributed by atoms with Gasteiger partial charge in [-0.15, -0.1) is 11.3 Å². The molecule has 0 bridgehead atoms. The van der Waals surface area contributed by atoms with Crippen molar-refractivity contribution in [3.05, 3.63) is 34.6 Å². The van der Waals surface area contributed by atoms with Gasteiger partial charge in [0.2, 0.25) is 10.0 Å². The van der Waals surface area contributed by atoms with E-state index in [1.165, 1.54) is 18.9 Å². The molecule has 8 heteroatoms. The highest BCUT2D eigenvalue weighted by molar-refractivity contribution is 7.91. The van der Waals surface area contributed by atoms with Crippen molar-refractivity contribution >= 4 is 21.4 Å². The van der Waals surface area contributed by atoms with Gasteiger partial charge in [0.1, 0.15) is 9.90 Å². The fraction of sp³-hybridized carbons (Fsp3) is 0.467. The van der Waals surface area contributed by atoms with Crippen LogP contribution in [-0.2, 0) is 10.0 Å². The Morgan fingerprint density at radius 1 is 1.09 bits per heavy atom. The van der Waals surface area contributed by atoms with Crippen molar-refractivity contribution < 1.29 is 8.42 Å². The van der Waals surface area contributed by atoms with Crippen LogP contribution >= 0.6 is 11.3 Å². The minimum Gasteiger partial charge on any atom is -0.268 e. The molecule has 0 aliphatic heterocycles.